The standard InChI is InChI=1S/C40H53N3O10S/c1-25(2)10-15-29-34(22-32(46)37-31(45)21-33(53-39(29)37)26-11-13-28(49-3)14-12-26)52-23-27(44)7-6-17-50-19-20-51-18-16-41-36(47)9-5-4-8-35-38-30(24-54-35)42-40(48)43-38/h11-14,21-22,25,30,35,38,46H,4-10,15-20,23-24H2,1-3H3,(H,41,47)(H2,42,43,48). The molecule has 0 saturated carbocycles. The number of unbranched alkanes of at least 4 members (excludes halogenated alkanes) is 1. The first kappa shape index (κ1) is 40.9. The fraction of sp³-hybridized carbons (Fsp3) is 0.550. The first-order valence-corrected chi connectivity index (χ1v) is 19.9. The normalized spacial score (nSPS) is 17.7. The molecule has 2 aliphatic rings. The van der Waals surface area contributed by atoms with E-state index in [1.165, 1.54) is 12.1 Å². The molecule has 0 radical (unpaired) electrons. The van der Waals surface area contributed by atoms with Gasteiger partial charge in [-0.2, -0.15) is 11.8 Å². The molecule has 3 unspecified atom stereocenters. The number of carbonyl (C=O) groups is 3. The van der Waals surface area contributed by atoms with E-state index in [1.807, 2.05) is 11.8 Å². The molecule has 4 N–H and O–H groups in total. The van der Waals surface area contributed by atoms with Crippen molar-refractivity contribution in [2.75, 3.05) is 52.4 Å². The third kappa shape index (κ3) is 11.6. The molecule has 2 saturated heterocycles. The number of phenols is 1. The summed E-state index contributed by atoms with van der Waals surface area (Å²) in [5, 5.41) is 20.2. The Bertz CT molecular complexity index is 1780. The van der Waals surface area contributed by atoms with E-state index in [0.717, 1.165) is 31.4 Å². The highest BCUT2D eigenvalue weighted by Gasteiger charge is 2.42. The van der Waals surface area contributed by atoms with E-state index >= 15 is 0 Å². The number of amides is 3. The number of ketones is 1. The lowest BCUT2D eigenvalue weighted by atomic mass is 9.99. The Morgan fingerprint density at radius 3 is 2.54 bits per heavy atom. The van der Waals surface area contributed by atoms with Gasteiger partial charge in [-0.15, -0.1) is 0 Å². The van der Waals surface area contributed by atoms with Crippen molar-refractivity contribution < 1.29 is 42.9 Å². The highest BCUT2D eigenvalue weighted by Crippen LogP contribution is 2.37. The Labute approximate surface area is 320 Å². The fourth-order valence-corrected chi connectivity index (χ4v) is 8.13. The molecule has 3 amide bonds. The lowest BCUT2D eigenvalue weighted by molar-refractivity contribution is -0.122. The average molecular weight is 768 g/mol. The second-order valence-corrected chi connectivity index (χ2v) is 15.4. The molecule has 54 heavy (non-hydrogen) atoms. The average Bonchev–Trinajstić information content (AvgIpc) is 3.71. The van der Waals surface area contributed by atoms with Crippen LogP contribution in [0.5, 0.6) is 17.2 Å². The number of urea groups is 1. The fourth-order valence-electron chi connectivity index (χ4n) is 6.59. The van der Waals surface area contributed by atoms with Crippen molar-refractivity contribution in [1.29, 1.82) is 0 Å². The van der Waals surface area contributed by atoms with Crippen LogP contribution in [0.25, 0.3) is 22.3 Å². The quantitative estimate of drug-likeness (QED) is 0.0722. The van der Waals surface area contributed by atoms with Crippen LogP contribution in [0, 0.1) is 5.92 Å². The molecule has 0 spiro atoms. The maximum absolute atomic E-state index is 13.2. The number of hydrogen-bond donors (Lipinski definition) is 4. The first-order valence-electron chi connectivity index (χ1n) is 18.8. The van der Waals surface area contributed by atoms with Crippen molar-refractivity contribution in [2.24, 2.45) is 5.92 Å². The van der Waals surface area contributed by atoms with Gasteiger partial charge in [0, 0.05) is 60.3 Å². The van der Waals surface area contributed by atoms with E-state index < -0.39 is 0 Å². The highest BCUT2D eigenvalue weighted by atomic mass is 32.2. The molecular formula is C40H53N3O10S. The highest BCUT2D eigenvalue weighted by molar-refractivity contribution is 8.00. The van der Waals surface area contributed by atoms with E-state index in [4.69, 9.17) is 23.4 Å². The minimum Gasteiger partial charge on any atom is -0.507 e. The lowest BCUT2D eigenvalue weighted by Gasteiger charge is -2.16. The van der Waals surface area contributed by atoms with Crippen molar-refractivity contribution in [1.82, 2.24) is 16.0 Å². The van der Waals surface area contributed by atoms with Crippen LogP contribution in [0.15, 0.2) is 45.6 Å². The maximum atomic E-state index is 13.2. The second-order valence-electron chi connectivity index (χ2n) is 14.1. The van der Waals surface area contributed by atoms with Crippen LogP contribution in [-0.4, -0.2) is 92.6 Å². The van der Waals surface area contributed by atoms with Gasteiger partial charge in [0.2, 0.25) is 5.91 Å². The number of rotatable bonds is 23. The zero-order chi connectivity index (χ0) is 38.5. The number of Topliss-reactive ketones (excluding diaryl/α,β-unsaturated/α-hetero) is 1. The lowest BCUT2D eigenvalue weighted by Crippen LogP contribution is -2.36. The number of carbonyl (C=O) groups excluding carboxylic acids is 3. The minimum absolute atomic E-state index is 0.00550. The Balaban J connectivity index is 0.972. The number of thioether (sulfide) groups is 1. The monoisotopic (exact) mass is 767 g/mol. The van der Waals surface area contributed by atoms with Crippen LogP contribution in [-0.2, 0) is 25.5 Å². The van der Waals surface area contributed by atoms with Crippen LogP contribution < -0.4 is 30.9 Å². The molecule has 3 aromatic rings. The summed E-state index contributed by atoms with van der Waals surface area (Å²) < 4.78 is 28.6. The molecule has 0 bridgehead atoms. The Morgan fingerprint density at radius 1 is 1.00 bits per heavy atom. The first-order chi connectivity index (χ1) is 26.1. The molecule has 2 aliphatic heterocycles. The number of ether oxygens (including phenoxy) is 4. The predicted octanol–water partition coefficient (Wildman–Crippen LogP) is 5.37. The van der Waals surface area contributed by atoms with Gasteiger partial charge in [0.25, 0.3) is 0 Å². The van der Waals surface area contributed by atoms with Crippen molar-refractivity contribution in [2.45, 2.75) is 82.5 Å². The van der Waals surface area contributed by atoms with Gasteiger partial charge in [-0.25, -0.2) is 4.79 Å². The van der Waals surface area contributed by atoms with Crippen LogP contribution >= 0.6 is 11.8 Å². The number of nitrogens with one attached hydrogen (secondary N) is 3. The number of aromatic hydroxyl groups is 1. The summed E-state index contributed by atoms with van der Waals surface area (Å²) in [6.45, 7) is 5.92. The van der Waals surface area contributed by atoms with Gasteiger partial charge in [0.05, 0.1) is 39.0 Å². The summed E-state index contributed by atoms with van der Waals surface area (Å²) in [5.74, 6) is 2.23. The van der Waals surface area contributed by atoms with Gasteiger partial charge < -0.3 is 44.4 Å². The van der Waals surface area contributed by atoms with E-state index in [1.54, 1.807) is 31.4 Å². The SMILES string of the molecule is COc1ccc(-c2cc(=O)c3c(O)cc(OCC(=O)CCCOCCOCCNC(=O)CCCCC4SCC5NC(=O)NC54)c(CCC(C)C)c3o2)cc1. The minimum atomic E-state index is -0.375. The molecule has 0 aliphatic carbocycles. The number of aryl methyl sites for hydroxylation is 1. The van der Waals surface area contributed by atoms with Crippen LogP contribution in [0.4, 0.5) is 4.79 Å². The summed E-state index contributed by atoms with van der Waals surface area (Å²) in [6, 6.07) is 10.2. The van der Waals surface area contributed by atoms with E-state index in [-0.39, 0.29) is 65.0 Å². The number of hydrogen-bond acceptors (Lipinski definition) is 11. The zero-order valence-corrected chi connectivity index (χ0v) is 32.2. The summed E-state index contributed by atoms with van der Waals surface area (Å²) in [5.41, 5.74) is 1.18. The summed E-state index contributed by atoms with van der Waals surface area (Å²) in [4.78, 5) is 49.6. The molecule has 5 rings (SSSR count). The topological polar surface area (TPSA) is 175 Å². The molecule has 294 valence electrons. The molecule has 14 heteroatoms. The van der Waals surface area contributed by atoms with Crippen molar-refractivity contribution in [3.8, 4) is 28.6 Å². The summed E-state index contributed by atoms with van der Waals surface area (Å²) >= 11 is 1.88. The van der Waals surface area contributed by atoms with E-state index in [2.05, 4.69) is 29.8 Å². The van der Waals surface area contributed by atoms with Gasteiger partial charge >= 0.3 is 6.03 Å². The maximum Gasteiger partial charge on any atom is 0.315 e. The molecule has 3 heterocycles. The predicted molar refractivity (Wildman–Crippen MR) is 208 cm³/mol. The second kappa shape index (κ2) is 20.4. The number of benzene rings is 2. The number of fused-ring (bicyclic) bond motifs is 2. The number of phenolic OH excluding ortho intramolecular Hbond substituents is 1. The van der Waals surface area contributed by atoms with Crippen molar-refractivity contribution >= 4 is 40.5 Å². The van der Waals surface area contributed by atoms with Crippen molar-refractivity contribution in [3.63, 3.8) is 0 Å². The zero-order valence-electron chi connectivity index (χ0n) is 31.4. The molecule has 2 aromatic carbocycles. The summed E-state index contributed by atoms with van der Waals surface area (Å²) in [7, 11) is 1.58. The molecule has 3 atom stereocenters. The Morgan fingerprint density at radius 2 is 1.78 bits per heavy atom. The van der Waals surface area contributed by atoms with Gasteiger partial charge in [-0.1, -0.05) is 20.3 Å². The van der Waals surface area contributed by atoms with Gasteiger partial charge in [-0.05, 0) is 62.3 Å². The van der Waals surface area contributed by atoms with Gasteiger partial charge in [0.15, 0.2) is 11.2 Å². The van der Waals surface area contributed by atoms with Crippen LogP contribution in [0.1, 0.15) is 64.4 Å². The smallest absolute Gasteiger partial charge is 0.315 e. The van der Waals surface area contributed by atoms with Crippen molar-refractivity contribution in [3.05, 3.63) is 52.2 Å². The molecular weight excluding hydrogens is 715 g/mol. The third-order valence-electron chi connectivity index (χ3n) is 9.54. The molecule has 2 fully saturated rings. The number of methoxy groups -OCH3 is 1. The van der Waals surface area contributed by atoms with Crippen LogP contribution in [0.3, 0.4) is 0 Å². The third-order valence-corrected chi connectivity index (χ3v) is 11.1. The summed E-state index contributed by atoms with van der Waals surface area (Å²) in [6.07, 6.45) is 5.27. The van der Waals surface area contributed by atoms with Crippen LogP contribution in [0.2, 0.25) is 0 Å². The Hall–Kier alpha value is -4.27. The Kier molecular flexibility index (Phi) is 15.5. The van der Waals surface area contributed by atoms with Gasteiger partial charge in [0.1, 0.15) is 40.6 Å². The van der Waals surface area contributed by atoms with E-state index in [9.17, 15) is 24.3 Å². The largest absolute Gasteiger partial charge is 0.507 e. The van der Waals surface area contributed by atoms with E-state index in [0.29, 0.717) is 91.8 Å². The molecule has 1 aromatic heterocycles. The molecule has 13 nitrogen and oxygen atoms in total. The van der Waals surface area contributed by atoms with Gasteiger partial charge in [-0.3, -0.25) is 14.4 Å².